The van der Waals surface area contributed by atoms with Crippen LogP contribution < -0.4 is 4.74 Å². The molecule has 2 heterocycles. The summed E-state index contributed by atoms with van der Waals surface area (Å²) in [5.74, 6) is 0.830. The molecule has 4 rings (SSSR count). The maximum atomic E-state index is 6.43. The Morgan fingerprint density at radius 2 is 1.55 bits per heavy atom. The van der Waals surface area contributed by atoms with Crippen LogP contribution in [0.2, 0.25) is 0 Å². The Hall–Kier alpha value is -3.46. The van der Waals surface area contributed by atoms with Crippen molar-refractivity contribution in [3.8, 4) is 28.1 Å². The van der Waals surface area contributed by atoms with E-state index in [-0.39, 0.29) is 5.41 Å². The maximum absolute atomic E-state index is 6.43. The molecular weight excluding hydrogens is 404 g/mol. The summed E-state index contributed by atoms with van der Waals surface area (Å²) in [6, 6.07) is 23.1. The Bertz CT molecular complexity index is 1270. The van der Waals surface area contributed by atoms with Crippen molar-refractivity contribution in [3.05, 3.63) is 101 Å². The molecule has 2 aromatic carbocycles. The average Bonchev–Trinajstić information content (AvgIpc) is 2.78. The average molecular weight is 437 g/mol. The molecule has 0 N–H and O–H groups in total. The van der Waals surface area contributed by atoms with Crippen molar-refractivity contribution in [1.82, 2.24) is 9.97 Å². The van der Waals surface area contributed by atoms with Crippen LogP contribution in [-0.4, -0.2) is 9.97 Å². The van der Waals surface area contributed by atoms with Gasteiger partial charge in [-0.25, -0.2) is 0 Å². The second-order valence-corrected chi connectivity index (χ2v) is 9.66. The van der Waals surface area contributed by atoms with Crippen molar-refractivity contribution in [1.29, 1.82) is 0 Å². The summed E-state index contributed by atoms with van der Waals surface area (Å²) in [7, 11) is 0. The lowest BCUT2D eigenvalue weighted by molar-refractivity contribution is 0.307. The quantitative estimate of drug-likeness (QED) is 0.323. The summed E-state index contributed by atoms with van der Waals surface area (Å²) in [6.07, 6.45) is 1.82. The topological polar surface area (TPSA) is 35.0 Å². The molecule has 4 aromatic rings. The first kappa shape index (κ1) is 22.7. The molecule has 2 aromatic heterocycles. The van der Waals surface area contributed by atoms with Gasteiger partial charge in [0.05, 0.1) is 5.69 Å². The minimum atomic E-state index is 0.109. The van der Waals surface area contributed by atoms with E-state index in [1.54, 1.807) is 0 Å². The van der Waals surface area contributed by atoms with Crippen molar-refractivity contribution < 1.29 is 4.74 Å². The van der Waals surface area contributed by atoms with E-state index < -0.39 is 0 Å². The lowest BCUT2D eigenvalue weighted by Crippen LogP contribution is -2.11. The third-order valence-electron chi connectivity index (χ3n) is 6.05. The monoisotopic (exact) mass is 436 g/mol. The van der Waals surface area contributed by atoms with E-state index >= 15 is 0 Å². The first-order chi connectivity index (χ1) is 15.7. The van der Waals surface area contributed by atoms with Gasteiger partial charge in [-0.3, -0.25) is 9.97 Å². The third-order valence-corrected chi connectivity index (χ3v) is 6.05. The Balaban J connectivity index is 1.82. The zero-order valence-electron chi connectivity index (χ0n) is 20.4. The Morgan fingerprint density at radius 3 is 2.21 bits per heavy atom. The smallest absolute Gasteiger partial charge is 0.131 e. The highest BCUT2D eigenvalue weighted by atomic mass is 16.5. The molecule has 3 nitrogen and oxygen atoms in total. The number of benzene rings is 2. The lowest BCUT2D eigenvalue weighted by Gasteiger charge is -2.21. The molecule has 0 bridgehead atoms. The van der Waals surface area contributed by atoms with Crippen molar-refractivity contribution >= 4 is 0 Å². The fourth-order valence-electron chi connectivity index (χ4n) is 4.12. The number of aryl methyl sites for hydroxylation is 3. The molecule has 0 amide bonds. The van der Waals surface area contributed by atoms with E-state index in [2.05, 4.69) is 82.1 Å². The van der Waals surface area contributed by atoms with E-state index in [1.165, 1.54) is 11.1 Å². The molecule has 0 aliphatic heterocycles. The summed E-state index contributed by atoms with van der Waals surface area (Å²) in [6.45, 7) is 13.5. The van der Waals surface area contributed by atoms with Gasteiger partial charge in [-0.1, -0.05) is 75.4 Å². The van der Waals surface area contributed by atoms with Gasteiger partial charge < -0.3 is 4.74 Å². The number of aromatic nitrogens is 2. The molecular formula is C30H32N2O. The number of pyridine rings is 2. The van der Waals surface area contributed by atoms with Gasteiger partial charge in [0, 0.05) is 40.3 Å². The molecule has 0 atom stereocenters. The van der Waals surface area contributed by atoms with Crippen LogP contribution in [0.4, 0.5) is 0 Å². The Kier molecular flexibility index (Phi) is 6.33. The fraction of sp³-hybridized carbons (Fsp3) is 0.267. The molecule has 0 spiro atoms. The predicted molar refractivity (Wildman–Crippen MR) is 137 cm³/mol. The number of nitrogens with zero attached hydrogens (tertiary/aromatic N) is 2. The molecule has 0 aliphatic rings. The first-order valence-electron chi connectivity index (χ1n) is 11.5. The van der Waals surface area contributed by atoms with E-state index in [4.69, 9.17) is 9.72 Å². The Morgan fingerprint density at radius 1 is 0.788 bits per heavy atom. The second-order valence-electron chi connectivity index (χ2n) is 9.66. The van der Waals surface area contributed by atoms with E-state index in [0.717, 1.165) is 45.1 Å². The molecule has 0 radical (unpaired) electrons. The zero-order valence-corrected chi connectivity index (χ0v) is 20.4. The molecule has 0 unspecified atom stereocenters. The van der Waals surface area contributed by atoms with Gasteiger partial charge in [0.25, 0.3) is 0 Å². The fourth-order valence-corrected chi connectivity index (χ4v) is 4.12. The summed E-state index contributed by atoms with van der Waals surface area (Å²) >= 11 is 0. The van der Waals surface area contributed by atoms with Crippen LogP contribution in [0.3, 0.4) is 0 Å². The number of hydrogen-bond acceptors (Lipinski definition) is 3. The van der Waals surface area contributed by atoms with Crippen molar-refractivity contribution in [2.75, 3.05) is 0 Å². The van der Waals surface area contributed by atoms with Gasteiger partial charge in [0.2, 0.25) is 0 Å². The number of ether oxygens (including phenoxy) is 1. The van der Waals surface area contributed by atoms with Crippen LogP contribution in [0.1, 0.15) is 48.8 Å². The first-order valence-corrected chi connectivity index (χ1v) is 11.5. The van der Waals surface area contributed by atoms with Crippen LogP contribution in [0.25, 0.3) is 22.4 Å². The van der Waals surface area contributed by atoms with Crippen LogP contribution in [0, 0.1) is 20.8 Å². The SMILES string of the molecule is Cc1cc(C(C)(C)C)ccc1-c1cc(OCc2ccccc2)c(-c2cccnc2C)c(C)n1. The highest BCUT2D eigenvalue weighted by Crippen LogP contribution is 2.38. The Labute approximate surface area is 197 Å². The third kappa shape index (κ3) is 4.98. The largest absolute Gasteiger partial charge is 0.488 e. The lowest BCUT2D eigenvalue weighted by atomic mass is 9.85. The van der Waals surface area contributed by atoms with E-state index in [9.17, 15) is 0 Å². The van der Waals surface area contributed by atoms with Crippen LogP contribution in [0.15, 0.2) is 72.9 Å². The highest BCUT2D eigenvalue weighted by Gasteiger charge is 2.19. The number of hydrogen-bond donors (Lipinski definition) is 0. The summed E-state index contributed by atoms with van der Waals surface area (Å²) in [5, 5.41) is 0. The van der Waals surface area contributed by atoms with Crippen molar-refractivity contribution in [2.24, 2.45) is 0 Å². The van der Waals surface area contributed by atoms with Gasteiger partial charge in [-0.15, -0.1) is 0 Å². The molecule has 0 saturated heterocycles. The van der Waals surface area contributed by atoms with Gasteiger partial charge in [0.15, 0.2) is 0 Å². The van der Waals surface area contributed by atoms with E-state index in [1.807, 2.05) is 37.4 Å². The molecule has 0 saturated carbocycles. The minimum absolute atomic E-state index is 0.109. The predicted octanol–water partition coefficient (Wildman–Crippen LogP) is 7.61. The van der Waals surface area contributed by atoms with E-state index in [0.29, 0.717) is 6.61 Å². The molecule has 33 heavy (non-hydrogen) atoms. The maximum Gasteiger partial charge on any atom is 0.131 e. The molecule has 168 valence electrons. The summed E-state index contributed by atoms with van der Waals surface area (Å²) in [4.78, 5) is 9.52. The van der Waals surface area contributed by atoms with Crippen LogP contribution in [-0.2, 0) is 12.0 Å². The molecule has 3 heteroatoms. The normalized spacial score (nSPS) is 11.5. The standard InChI is InChI=1S/C30H32N2O/c1-20-17-24(30(4,5)6)14-15-25(20)27-18-28(33-19-23-11-8-7-9-12-23)29(22(3)32-27)26-13-10-16-31-21(26)2/h7-18H,19H2,1-6H3. The van der Waals surface area contributed by atoms with Crippen LogP contribution in [0.5, 0.6) is 5.75 Å². The van der Waals surface area contributed by atoms with Gasteiger partial charge in [-0.2, -0.15) is 0 Å². The van der Waals surface area contributed by atoms with Gasteiger partial charge in [-0.05, 0) is 48.9 Å². The van der Waals surface area contributed by atoms with Gasteiger partial charge >= 0.3 is 0 Å². The van der Waals surface area contributed by atoms with Crippen molar-refractivity contribution in [2.45, 2.75) is 53.6 Å². The minimum Gasteiger partial charge on any atom is -0.488 e. The number of rotatable bonds is 5. The van der Waals surface area contributed by atoms with Gasteiger partial charge in [0.1, 0.15) is 12.4 Å². The zero-order chi connectivity index (χ0) is 23.6. The molecule has 0 aliphatic carbocycles. The summed E-state index contributed by atoms with van der Waals surface area (Å²) in [5.41, 5.74) is 9.80. The highest BCUT2D eigenvalue weighted by molar-refractivity contribution is 5.78. The second kappa shape index (κ2) is 9.19. The summed E-state index contributed by atoms with van der Waals surface area (Å²) < 4.78 is 6.43. The molecule has 0 fully saturated rings. The van der Waals surface area contributed by atoms with Crippen molar-refractivity contribution in [3.63, 3.8) is 0 Å². The van der Waals surface area contributed by atoms with Crippen LogP contribution >= 0.6 is 0 Å².